The van der Waals surface area contributed by atoms with Crippen LogP contribution < -0.4 is 22.7 Å². The Morgan fingerprint density at radius 3 is 2.22 bits per heavy atom. The van der Waals surface area contributed by atoms with E-state index >= 15 is 0 Å². The Kier molecular flexibility index (Phi) is 4.61. The number of hydrazine groups is 1. The minimum atomic E-state index is -0.115. The van der Waals surface area contributed by atoms with E-state index in [-0.39, 0.29) is 12.2 Å². The Bertz CT molecular complexity index is 64.0. The average molecular weight is 132 g/mol. The van der Waals surface area contributed by atoms with Gasteiger partial charge in [0.1, 0.15) is 0 Å². The van der Waals surface area contributed by atoms with E-state index < -0.39 is 0 Å². The zero-order valence-electron chi connectivity index (χ0n) is 5.80. The van der Waals surface area contributed by atoms with Crippen molar-refractivity contribution >= 4 is 0 Å². The zero-order valence-corrected chi connectivity index (χ0v) is 5.80. The summed E-state index contributed by atoms with van der Waals surface area (Å²) in [6.07, 6.45) is 1.62. The van der Waals surface area contributed by atoms with Crippen LogP contribution in [0.25, 0.3) is 0 Å². The summed E-state index contributed by atoms with van der Waals surface area (Å²) in [5.41, 5.74) is 13.3. The van der Waals surface area contributed by atoms with Gasteiger partial charge in [-0.3, -0.25) is 5.84 Å². The van der Waals surface area contributed by atoms with E-state index in [4.69, 9.17) is 17.3 Å². The number of hydrogen-bond donors (Lipinski definition) is 4. The summed E-state index contributed by atoms with van der Waals surface area (Å²) in [6.45, 7) is 1.95. The van der Waals surface area contributed by atoms with Crippen LogP contribution in [-0.2, 0) is 0 Å². The van der Waals surface area contributed by atoms with Crippen molar-refractivity contribution in [1.29, 1.82) is 0 Å². The van der Waals surface area contributed by atoms with Crippen molar-refractivity contribution in [2.45, 2.75) is 32.0 Å². The van der Waals surface area contributed by atoms with Gasteiger partial charge in [-0.15, -0.1) is 0 Å². The molecular weight excluding hydrogens is 116 g/mol. The van der Waals surface area contributed by atoms with Crippen LogP contribution in [-0.4, -0.2) is 12.2 Å². The first kappa shape index (κ1) is 8.84. The maximum absolute atomic E-state index is 5.47. The first-order chi connectivity index (χ1) is 4.16. The normalized spacial score (nSPS) is 17.3. The fourth-order valence-corrected chi connectivity index (χ4v) is 0.526. The molecule has 0 saturated heterocycles. The Balaban J connectivity index is 3.06. The van der Waals surface area contributed by atoms with Gasteiger partial charge in [-0.2, -0.15) is 0 Å². The van der Waals surface area contributed by atoms with Gasteiger partial charge in [-0.1, -0.05) is 0 Å². The maximum Gasteiger partial charge on any atom is 0.0677 e. The van der Waals surface area contributed by atoms with E-state index in [1.54, 1.807) is 0 Å². The molecule has 4 heteroatoms. The Labute approximate surface area is 55.7 Å². The summed E-state index contributed by atoms with van der Waals surface area (Å²) < 4.78 is 0. The second-order valence-electron chi connectivity index (χ2n) is 2.33. The molecule has 2 unspecified atom stereocenters. The van der Waals surface area contributed by atoms with Gasteiger partial charge in [-0.05, 0) is 19.8 Å². The smallest absolute Gasteiger partial charge is 0.0677 e. The minimum Gasteiger partial charge on any atom is -0.328 e. The third-order valence-corrected chi connectivity index (χ3v) is 1.15. The van der Waals surface area contributed by atoms with Crippen LogP contribution in [0.4, 0.5) is 0 Å². The molecule has 2 atom stereocenters. The number of nitrogens with two attached hydrogens (primary N) is 3. The molecule has 0 spiro atoms. The summed E-state index contributed by atoms with van der Waals surface area (Å²) in [5, 5.41) is 0. The summed E-state index contributed by atoms with van der Waals surface area (Å²) in [7, 11) is 0. The molecule has 0 amide bonds. The van der Waals surface area contributed by atoms with Gasteiger partial charge in [0.15, 0.2) is 0 Å². The molecule has 0 bridgehead atoms. The predicted molar refractivity (Wildman–Crippen MR) is 38.2 cm³/mol. The molecule has 0 radical (unpaired) electrons. The van der Waals surface area contributed by atoms with Gasteiger partial charge >= 0.3 is 0 Å². The Morgan fingerprint density at radius 1 is 1.33 bits per heavy atom. The predicted octanol–water partition coefficient (Wildman–Crippen LogP) is -1.14. The molecule has 0 aromatic heterocycles. The molecule has 0 aromatic rings. The van der Waals surface area contributed by atoms with Gasteiger partial charge in [0.2, 0.25) is 0 Å². The largest absolute Gasteiger partial charge is 0.328 e. The average Bonchev–Trinajstić information content (AvgIpc) is 1.83. The number of nitrogens with one attached hydrogen (secondary N) is 1. The molecule has 7 N–H and O–H groups in total. The van der Waals surface area contributed by atoms with Gasteiger partial charge in [0, 0.05) is 6.04 Å². The number of rotatable bonds is 4. The second kappa shape index (κ2) is 4.69. The molecular formula is C5H16N4. The molecule has 0 aliphatic carbocycles. The lowest BCUT2D eigenvalue weighted by Crippen LogP contribution is -2.42. The highest BCUT2D eigenvalue weighted by Gasteiger charge is 1.99. The van der Waals surface area contributed by atoms with Crippen molar-refractivity contribution < 1.29 is 0 Å². The minimum absolute atomic E-state index is 0.115. The van der Waals surface area contributed by atoms with Crippen LogP contribution in [0.5, 0.6) is 0 Å². The van der Waals surface area contributed by atoms with E-state index in [9.17, 15) is 0 Å². The van der Waals surface area contributed by atoms with Gasteiger partial charge in [-0.25, -0.2) is 5.43 Å². The van der Waals surface area contributed by atoms with Crippen LogP contribution in [0.15, 0.2) is 0 Å². The molecule has 0 saturated carbocycles. The van der Waals surface area contributed by atoms with Gasteiger partial charge in [0.05, 0.1) is 6.17 Å². The third kappa shape index (κ3) is 5.72. The van der Waals surface area contributed by atoms with Crippen molar-refractivity contribution in [3.8, 4) is 0 Å². The lowest BCUT2D eigenvalue weighted by atomic mass is 10.2. The molecule has 0 rings (SSSR count). The zero-order chi connectivity index (χ0) is 7.28. The Morgan fingerprint density at radius 2 is 1.89 bits per heavy atom. The van der Waals surface area contributed by atoms with Gasteiger partial charge < -0.3 is 11.5 Å². The van der Waals surface area contributed by atoms with Crippen LogP contribution in [0.1, 0.15) is 19.8 Å². The molecule has 56 valence electrons. The molecule has 0 aromatic carbocycles. The lowest BCUT2D eigenvalue weighted by Gasteiger charge is -2.10. The van der Waals surface area contributed by atoms with Crippen LogP contribution >= 0.6 is 0 Å². The van der Waals surface area contributed by atoms with Crippen LogP contribution in [0.2, 0.25) is 0 Å². The van der Waals surface area contributed by atoms with Crippen molar-refractivity contribution in [1.82, 2.24) is 5.43 Å². The van der Waals surface area contributed by atoms with E-state index in [0.29, 0.717) is 0 Å². The quantitative estimate of drug-likeness (QED) is 0.221. The summed E-state index contributed by atoms with van der Waals surface area (Å²) >= 11 is 0. The highest BCUT2D eigenvalue weighted by molar-refractivity contribution is 4.59. The standard InChI is InChI=1S/C5H16N4/c1-4(6)2-3-5(7)9-8/h4-5,9H,2-3,6-8H2,1H3. The van der Waals surface area contributed by atoms with Crippen molar-refractivity contribution in [3.05, 3.63) is 0 Å². The maximum atomic E-state index is 5.47. The fraction of sp³-hybridized carbons (Fsp3) is 1.00. The molecule has 9 heavy (non-hydrogen) atoms. The lowest BCUT2D eigenvalue weighted by molar-refractivity contribution is 0.471. The highest BCUT2D eigenvalue weighted by atomic mass is 15.3. The van der Waals surface area contributed by atoms with Crippen LogP contribution in [0, 0.1) is 0 Å². The molecule has 0 aliphatic rings. The van der Waals surface area contributed by atoms with Crippen molar-refractivity contribution in [2.24, 2.45) is 17.3 Å². The SMILES string of the molecule is CC(N)CCC(N)NN. The van der Waals surface area contributed by atoms with Crippen LogP contribution in [0.3, 0.4) is 0 Å². The molecule has 0 aliphatic heterocycles. The summed E-state index contributed by atoms with van der Waals surface area (Å²) in [6, 6.07) is 0.212. The second-order valence-corrected chi connectivity index (χ2v) is 2.33. The summed E-state index contributed by atoms with van der Waals surface area (Å²) in [4.78, 5) is 0. The van der Waals surface area contributed by atoms with Crippen molar-refractivity contribution in [3.63, 3.8) is 0 Å². The molecule has 0 heterocycles. The van der Waals surface area contributed by atoms with Gasteiger partial charge in [0.25, 0.3) is 0 Å². The van der Waals surface area contributed by atoms with E-state index in [1.807, 2.05) is 6.92 Å². The first-order valence-corrected chi connectivity index (χ1v) is 3.14. The van der Waals surface area contributed by atoms with Crippen molar-refractivity contribution in [2.75, 3.05) is 0 Å². The highest BCUT2D eigenvalue weighted by Crippen LogP contribution is 1.93. The topological polar surface area (TPSA) is 90.1 Å². The van der Waals surface area contributed by atoms with E-state index in [2.05, 4.69) is 5.43 Å². The fourth-order valence-electron chi connectivity index (χ4n) is 0.526. The Hall–Kier alpha value is -0.160. The van der Waals surface area contributed by atoms with E-state index in [0.717, 1.165) is 12.8 Å². The summed E-state index contributed by atoms with van der Waals surface area (Å²) in [5.74, 6) is 5.04. The monoisotopic (exact) mass is 132 g/mol. The first-order valence-electron chi connectivity index (χ1n) is 3.14. The molecule has 4 nitrogen and oxygen atoms in total. The number of hydrogen-bond acceptors (Lipinski definition) is 4. The third-order valence-electron chi connectivity index (χ3n) is 1.15. The molecule has 0 fully saturated rings. The van der Waals surface area contributed by atoms with E-state index in [1.165, 1.54) is 0 Å².